The van der Waals surface area contributed by atoms with E-state index in [1.807, 2.05) is 9.80 Å². The minimum Gasteiger partial charge on any atom is -0.368 e. The number of hydrogen-bond acceptors (Lipinski definition) is 5. The molecule has 1 aliphatic carbocycles. The fourth-order valence-electron chi connectivity index (χ4n) is 4.59. The fourth-order valence-corrected chi connectivity index (χ4v) is 4.59. The van der Waals surface area contributed by atoms with Gasteiger partial charge >= 0.3 is 0 Å². The van der Waals surface area contributed by atoms with Gasteiger partial charge in [0.05, 0.1) is 12.2 Å². The van der Waals surface area contributed by atoms with Gasteiger partial charge in [0.2, 0.25) is 5.91 Å². The molecule has 5 rings (SSSR count). The van der Waals surface area contributed by atoms with Crippen molar-refractivity contribution < 1.29 is 14.3 Å². The van der Waals surface area contributed by atoms with Gasteiger partial charge in [0.1, 0.15) is 11.9 Å². The Labute approximate surface area is 163 Å². The number of fused-ring (bicyclic) bond motifs is 1. The maximum atomic E-state index is 12.6. The maximum Gasteiger partial charge on any atom is 0.254 e. The first kappa shape index (κ1) is 17.8. The van der Waals surface area contributed by atoms with Crippen LogP contribution in [0.5, 0.6) is 0 Å². The summed E-state index contributed by atoms with van der Waals surface area (Å²) < 4.78 is 5.52. The standard InChI is InChI=1S/C20H26N4O4/c25-18-14-6-8-24(19(26)12-3-4-12)11-15(14)21-17(22-18)13-5-7-23(10-13)20(27)16-2-1-9-28-16/h12-13,16H,1-11H2,(H,21,22,25)/t13-,16+/m0/s1. The van der Waals surface area contributed by atoms with Gasteiger partial charge in [0, 0.05) is 43.6 Å². The van der Waals surface area contributed by atoms with Crippen LogP contribution in [0.25, 0.3) is 0 Å². The SMILES string of the molecule is O=C(C1CC1)N1CCc2c(nc([C@H]3CCN(C(=O)[C@H]4CCCO4)C3)[nH]c2=O)C1. The Hall–Kier alpha value is -2.22. The normalized spacial score (nSPS) is 27.1. The van der Waals surface area contributed by atoms with E-state index in [0.29, 0.717) is 50.6 Å². The molecule has 1 saturated carbocycles. The predicted octanol–water partition coefficient (Wildman–Crippen LogP) is 0.559. The zero-order chi connectivity index (χ0) is 19.3. The summed E-state index contributed by atoms with van der Waals surface area (Å²) in [7, 11) is 0. The molecule has 28 heavy (non-hydrogen) atoms. The van der Waals surface area contributed by atoms with Crippen LogP contribution < -0.4 is 5.56 Å². The van der Waals surface area contributed by atoms with Crippen LogP contribution in [0.1, 0.15) is 55.1 Å². The number of aromatic amines is 1. The molecular formula is C20H26N4O4. The lowest BCUT2D eigenvalue weighted by Gasteiger charge is -2.28. The lowest BCUT2D eigenvalue weighted by molar-refractivity contribution is -0.139. The number of H-pyrrole nitrogens is 1. The minimum absolute atomic E-state index is 0.0258. The van der Waals surface area contributed by atoms with Crippen LogP contribution in [-0.2, 0) is 27.3 Å². The summed E-state index contributed by atoms with van der Waals surface area (Å²) in [4.78, 5) is 48.9. The topological polar surface area (TPSA) is 95.6 Å². The average Bonchev–Trinajstić information content (AvgIpc) is 3.20. The van der Waals surface area contributed by atoms with Crippen molar-refractivity contribution in [2.75, 3.05) is 26.2 Å². The number of likely N-dealkylation sites (tertiary alicyclic amines) is 1. The Bertz CT molecular complexity index is 856. The first-order valence-corrected chi connectivity index (χ1v) is 10.4. The number of aromatic nitrogens is 2. The third-order valence-electron chi connectivity index (χ3n) is 6.42. The van der Waals surface area contributed by atoms with E-state index in [1.54, 1.807) is 0 Å². The van der Waals surface area contributed by atoms with Crippen molar-refractivity contribution in [2.24, 2.45) is 5.92 Å². The lowest BCUT2D eigenvalue weighted by Crippen LogP contribution is -2.40. The van der Waals surface area contributed by atoms with Crippen LogP contribution in [0, 0.1) is 5.92 Å². The highest BCUT2D eigenvalue weighted by Gasteiger charge is 2.37. The number of hydrogen-bond donors (Lipinski definition) is 1. The van der Waals surface area contributed by atoms with Crippen LogP contribution in [0.15, 0.2) is 4.79 Å². The monoisotopic (exact) mass is 386 g/mol. The Balaban J connectivity index is 1.32. The maximum absolute atomic E-state index is 12.6. The highest BCUT2D eigenvalue weighted by Crippen LogP contribution is 2.33. The highest BCUT2D eigenvalue weighted by atomic mass is 16.5. The van der Waals surface area contributed by atoms with E-state index >= 15 is 0 Å². The van der Waals surface area contributed by atoms with Gasteiger partial charge in [0.25, 0.3) is 11.5 Å². The largest absolute Gasteiger partial charge is 0.368 e. The molecule has 0 bridgehead atoms. The molecule has 0 aromatic carbocycles. The van der Waals surface area contributed by atoms with Gasteiger partial charge in [-0.25, -0.2) is 4.98 Å². The zero-order valence-electron chi connectivity index (χ0n) is 16.0. The molecule has 2 amide bonds. The number of nitrogens with zero attached hydrogens (tertiary/aromatic N) is 3. The van der Waals surface area contributed by atoms with E-state index in [2.05, 4.69) is 4.98 Å². The van der Waals surface area contributed by atoms with Crippen molar-refractivity contribution in [3.63, 3.8) is 0 Å². The number of nitrogens with one attached hydrogen (secondary N) is 1. The Morgan fingerprint density at radius 3 is 2.68 bits per heavy atom. The van der Waals surface area contributed by atoms with Gasteiger partial charge in [-0.3, -0.25) is 14.4 Å². The van der Waals surface area contributed by atoms with Crippen molar-refractivity contribution in [3.8, 4) is 0 Å². The van der Waals surface area contributed by atoms with Crippen molar-refractivity contribution in [3.05, 3.63) is 27.4 Å². The summed E-state index contributed by atoms with van der Waals surface area (Å²) in [6.45, 7) is 2.90. The molecule has 3 aliphatic heterocycles. The third-order valence-corrected chi connectivity index (χ3v) is 6.42. The molecule has 8 nitrogen and oxygen atoms in total. The molecule has 2 saturated heterocycles. The molecule has 1 N–H and O–H groups in total. The van der Waals surface area contributed by atoms with Crippen molar-refractivity contribution in [1.82, 2.24) is 19.8 Å². The highest BCUT2D eigenvalue weighted by molar-refractivity contribution is 5.82. The third kappa shape index (κ3) is 3.23. The number of rotatable bonds is 3. The number of carbonyl (C=O) groups excluding carboxylic acids is 2. The van der Waals surface area contributed by atoms with E-state index < -0.39 is 0 Å². The Morgan fingerprint density at radius 1 is 1.07 bits per heavy atom. The van der Waals surface area contributed by atoms with Crippen molar-refractivity contribution >= 4 is 11.8 Å². The van der Waals surface area contributed by atoms with E-state index in [9.17, 15) is 14.4 Å². The number of carbonyl (C=O) groups is 2. The first-order valence-electron chi connectivity index (χ1n) is 10.4. The minimum atomic E-state index is -0.309. The lowest BCUT2D eigenvalue weighted by atomic mass is 10.0. The molecular weight excluding hydrogens is 360 g/mol. The Kier molecular flexibility index (Phi) is 4.45. The molecule has 1 aromatic rings. The molecule has 4 aliphatic rings. The van der Waals surface area contributed by atoms with E-state index in [1.165, 1.54) is 0 Å². The average molecular weight is 386 g/mol. The van der Waals surface area contributed by atoms with Gasteiger partial charge in [-0.2, -0.15) is 0 Å². The van der Waals surface area contributed by atoms with Crippen LogP contribution in [-0.4, -0.2) is 63.9 Å². The van der Waals surface area contributed by atoms with Gasteiger partial charge < -0.3 is 19.5 Å². The Morgan fingerprint density at radius 2 is 1.93 bits per heavy atom. The molecule has 2 atom stereocenters. The van der Waals surface area contributed by atoms with Crippen molar-refractivity contribution in [1.29, 1.82) is 0 Å². The second kappa shape index (κ2) is 6.99. The summed E-state index contributed by atoms with van der Waals surface area (Å²) in [6, 6.07) is 0. The first-order chi connectivity index (χ1) is 13.6. The molecule has 0 unspecified atom stereocenters. The fraction of sp³-hybridized carbons (Fsp3) is 0.700. The van der Waals surface area contributed by atoms with Crippen LogP contribution in [0.4, 0.5) is 0 Å². The summed E-state index contributed by atoms with van der Waals surface area (Å²) in [5, 5.41) is 0. The van der Waals surface area contributed by atoms with E-state index in [-0.39, 0.29) is 35.3 Å². The van der Waals surface area contributed by atoms with Gasteiger partial charge in [-0.15, -0.1) is 0 Å². The molecule has 4 heterocycles. The molecule has 150 valence electrons. The number of ether oxygens (including phenoxy) is 1. The molecule has 1 aromatic heterocycles. The second-order valence-electron chi connectivity index (χ2n) is 8.43. The molecule has 0 radical (unpaired) electrons. The summed E-state index contributed by atoms with van der Waals surface area (Å²) in [6.07, 6.45) is 4.72. The quantitative estimate of drug-likeness (QED) is 0.819. The zero-order valence-corrected chi connectivity index (χ0v) is 16.0. The van der Waals surface area contributed by atoms with E-state index in [4.69, 9.17) is 9.72 Å². The summed E-state index contributed by atoms with van der Waals surface area (Å²) in [5.41, 5.74) is 1.33. The van der Waals surface area contributed by atoms with E-state index in [0.717, 1.165) is 37.8 Å². The smallest absolute Gasteiger partial charge is 0.254 e. The van der Waals surface area contributed by atoms with Crippen molar-refractivity contribution in [2.45, 2.75) is 57.1 Å². The number of amides is 2. The molecule has 0 spiro atoms. The second-order valence-corrected chi connectivity index (χ2v) is 8.43. The van der Waals surface area contributed by atoms with Crippen LogP contribution in [0.3, 0.4) is 0 Å². The van der Waals surface area contributed by atoms with Crippen LogP contribution in [0.2, 0.25) is 0 Å². The van der Waals surface area contributed by atoms with Crippen LogP contribution >= 0.6 is 0 Å². The molecule has 8 heteroatoms. The van der Waals surface area contributed by atoms with Gasteiger partial charge in [-0.1, -0.05) is 0 Å². The summed E-state index contributed by atoms with van der Waals surface area (Å²) >= 11 is 0. The van der Waals surface area contributed by atoms with Gasteiger partial charge in [-0.05, 0) is 38.5 Å². The van der Waals surface area contributed by atoms with Gasteiger partial charge in [0.15, 0.2) is 0 Å². The summed E-state index contributed by atoms with van der Waals surface area (Å²) in [5.74, 6) is 1.10. The molecule has 3 fully saturated rings. The predicted molar refractivity (Wildman–Crippen MR) is 99.6 cm³/mol.